The first-order valence-corrected chi connectivity index (χ1v) is 29.5. The number of fused-ring (bicyclic) bond motifs is 4. The molecule has 0 unspecified atom stereocenters. The van der Waals surface area contributed by atoms with Crippen molar-refractivity contribution >= 4 is 61.7 Å². The van der Waals surface area contributed by atoms with E-state index in [9.17, 15) is 19.2 Å². The zero-order valence-electron chi connectivity index (χ0n) is 68.1. The van der Waals surface area contributed by atoms with Crippen molar-refractivity contribution in [1.29, 1.82) is 0 Å². The molecular formula is C78H68N4OPtSi-2. The average Bonchev–Trinajstić information content (AvgIpc) is 1.17. The molecule has 0 spiro atoms. The number of hydrogen-bond donors (Lipinski definition) is 0. The van der Waals surface area contributed by atoms with Gasteiger partial charge < -0.3 is 13.9 Å². The Balaban J connectivity index is 0.0000104. The minimum absolute atomic E-state index is 0. The number of pyridine rings is 1. The van der Waals surface area contributed by atoms with E-state index in [2.05, 4.69) is 45.3 Å². The molecule has 0 bridgehead atoms. The summed E-state index contributed by atoms with van der Waals surface area (Å²) in [5.41, 5.74) is 3.21. The molecule has 0 N–H and O–H groups in total. The minimum atomic E-state index is -6.27. The predicted molar refractivity (Wildman–Crippen MR) is 351 cm³/mol. The first-order valence-electron chi connectivity index (χ1n) is 37.5. The van der Waals surface area contributed by atoms with Gasteiger partial charge in [-0.25, -0.2) is 4.98 Å². The fraction of sp³-hybridized carbons (Fsp3) is 0.154. The Kier molecular flexibility index (Phi) is 9.90. The van der Waals surface area contributed by atoms with Gasteiger partial charge in [-0.3, -0.25) is 4.57 Å². The maximum atomic E-state index is 10.2. The Hall–Kier alpha value is -8.67. The third-order valence-corrected chi connectivity index (χ3v) is 19.5. The maximum Gasteiger partial charge on any atom is 0.268 e. The van der Waals surface area contributed by atoms with Crippen molar-refractivity contribution in [3.8, 4) is 50.9 Å². The van der Waals surface area contributed by atoms with Crippen molar-refractivity contribution in [2.45, 2.75) is 78.6 Å². The topological polar surface area (TPSA) is 35.9 Å². The Morgan fingerprint density at radius 3 is 1.67 bits per heavy atom. The van der Waals surface area contributed by atoms with E-state index in [0.717, 1.165) is 33.0 Å². The van der Waals surface area contributed by atoms with Gasteiger partial charge in [-0.05, 0) is 111 Å². The molecule has 0 atom stereocenters. The molecule has 0 fully saturated rings. The van der Waals surface area contributed by atoms with Crippen LogP contribution in [0.5, 0.6) is 11.5 Å². The van der Waals surface area contributed by atoms with Crippen molar-refractivity contribution in [2.75, 3.05) is 0 Å². The number of benzene rings is 10. The number of aromatic nitrogens is 4. The van der Waals surface area contributed by atoms with Crippen LogP contribution in [0.25, 0.3) is 72.3 Å². The van der Waals surface area contributed by atoms with Gasteiger partial charge in [0, 0.05) is 44.3 Å². The summed E-state index contributed by atoms with van der Waals surface area (Å²) in [4.78, 5) is 4.84. The molecule has 85 heavy (non-hydrogen) atoms. The minimum Gasteiger partial charge on any atom is -0.510 e. The van der Waals surface area contributed by atoms with Crippen LogP contribution in [-0.2, 0) is 37.3 Å². The van der Waals surface area contributed by atoms with E-state index in [1.807, 2.05) is 101 Å². The van der Waals surface area contributed by atoms with Gasteiger partial charge in [0.15, 0.2) is 8.07 Å². The third-order valence-electron chi connectivity index (χ3n) is 15.3. The summed E-state index contributed by atoms with van der Waals surface area (Å²) in [5.74, 6) is 1.20. The maximum absolute atomic E-state index is 10.2. The van der Waals surface area contributed by atoms with Crippen LogP contribution in [0, 0.1) is 18.5 Å². The number of nitrogens with zero attached hydrogens (tertiary/aromatic N) is 4. The molecule has 0 saturated heterocycles. The first-order chi connectivity index (χ1) is 48.8. The Labute approximate surface area is 544 Å². The summed E-state index contributed by atoms with van der Waals surface area (Å²) in [5, 5.41) is -1.01. The quantitative estimate of drug-likeness (QED) is 0.0560. The van der Waals surface area contributed by atoms with Crippen molar-refractivity contribution in [3.05, 3.63) is 284 Å². The van der Waals surface area contributed by atoms with Crippen LogP contribution in [-0.4, -0.2) is 22.2 Å². The Morgan fingerprint density at radius 2 is 1.06 bits per heavy atom. The monoisotopic (exact) mass is 1320 g/mol. The average molecular weight is 1320 g/mol. The van der Waals surface area contributed by atoms with Gasteiger partial charge in [-0.2, -0.15) is 18.2 Å². The van der Waals surface area contributed by atoms with Crippen molar-refractivity contribution in [3.63, 3.8) is 0 Å². The molecule has 422 valence electrons. The summed E-state index contributed by atoms with van der Waals surface area (Å²) in [7, 11) is -6.27. The number of para-hydroxylation sites is 3. The normalized spacial score (nSPS) is 15.5. The summed E-state index contributed by atoms with van der Waals surface area (Å²) in [6, 6.07) is 24.5. The van der Waals surface area contributed by atoms with Crippen LogP contribution in [0.15, 0.2) is 248 Å². The van der Waals surface area contributed by atoms with Crippen LogP contribution in [0.2, 0.25) is 0 Å². The van der Waals surface area contributed by atoms with Gasteiger partial charge in [0.25, 0.3) is 6.33 Å². The zero-order valence-corrected chi connectivity index (χ0v) is 51.4. The van der Waals surface area contributed by atoms with Gasteiger partial charge in [0.2, 0.25) is 0 Å². The molecule has 3 heterocycles. The predicted octanol–water partition coefficient (Wildman–Crippen LogP) is 16.2. The molecule has 0 amide bonds. The fourth-order valence-corrected chi connectivity index (χ4v) is 15.0. The largest absolute Gasteiger partial charge is 0.510 e. The summed E-state index contributed by atoms with van der Waals surface area (Å²) in [6.45, 7) is 18.4. The van der Waals surface area contributed by atoms with Gasteiger partial charge in [0.1, 0.15) is 5.82 Å². The van der Waals surface area contributed by atoms with E-state index in [0.29, 0.717) is 33.9 Å². The van der Waals surface area contributed by atoms with Gasteiger partial charge >= 0.3 is 0 Å². The first kappa shape index (κ1) is 37.6. The van der Waals surface area contributed by atoms with E-state index >= 15 is 0 Å². The number of imidazole rings is 1. The van der Waals surface area contributed by atoms with Crippen LogP contribution < -0.4 is 30.1 Å². The van der Waals surface area contributed by atoms with Crippen LogP contribution in [0.3, 0.4) is 0 Å². The van der Waals surface area contributed by atoms with Crippen molar-refractivity contribution in [1.82, 2.24) is 14.1 Å². The molecule has 0 saturated carbocycles. The molecule has 13 rings (SSSR count). The number of ether oxygens (including phenoxy) is 1. The van der Waals surface area contributed by atoms with Crippen LogP contribution in [0.4, 0.5) is 0 Å². The van der Waals surface area contributed by atoms with Crippen molar-refractivity contribution in [2.24, 2.45) is 0 Å². The third kappa shape index (κ3) is 10.5. The fourth-order valence-electron chi connectivity index (χ4n) is 11.0. The zero-order chi connectivity index (χ0) is 75.4. The molecule has 10 aromatic carbocycles. The standard InChI is InChI=1S/C78H68N4OSi.Pt/c1-76(2,3)57-43-44-79-74(50-57)82-69-38-23-22-37-66(69)67-42-41-62(52-72(67)82)83-61-30-26-29-60(51-61)80-53-81(71-40-25-24-39-70(71)80)75-68(56-45-58(77(4,5)6)49-59(46-56)78(7,8)9)47-55(54-27-14-10-15-28-54)48-73(75)84(63-31-16-11-17-32-63,64-33-18-12-19-34-64)65-35-20-13-21-36-65;/h10-50H,1-9H3;/q-2;/i10D,11D,12D,13D,14D,15D,16D,17D,18D,19D,20D,21D,27D,28D,31D,32D,33D,34D,35D,36D;. The molecule has 3 aromatic heterocycles. The smallest absolute Gasteiger partial charge is 0.268 e. The van der Waals surface area contributed by atoms with E-state index in [1.165, 1.54) is 6.07 Å². The molecular weight excluding hydrogens is 1230 g/mol. The van der Waals surface area contributed by atoms with Gasteiger partial charge in [0.05, 0.1) is 44.1 Å². The summed E-state index contributed by atoms with van der Waals surface area (Å²) in [6.07, 6.45) is 5.34. The van der Waals surface area contributed by atoms with Crippen LogP contribution >= 0.6 is 0 Å². The molecule has 0 radical (unpaired) electrons. The van der Waals surface area contributed by atoms with E-state index in [4.69, 9.17) is 17.9 Å². The molecule has 0 aliphatic rings. The van der Waals surface area contributed by atoms with Crippen LogP contribution in [0.1, 0.15) is 106 Å². The molecule has 0 aliphatic heterocycles. The van der Waals surface area contributed by atoms with E-state index < -0.39 is 166 Å². The Bertz CT molecular complexity index is 5520. The molecule has 5 nitrogen and oxygen atoms in total. The molecule has 0 aliphatic carbocycles. The SMILES string of the molecule is [2H]c1c([2H])c([2H])c(-c2cc(-c3cc(C(C)(C)C)cc(C(C)(C)C)c3)c(-[n+]3[c-]n(-c4[c-]c(Oc5[c-]c6c(cc5)c5ccccc5n6-c5cc(C(C)(C)C)ccn5)ccc4)c4ccccc43)c([Si](c3c([2H])c([2H])c([2H])c([2H])c3[2H])(c3c([2H])c([2H])c([2H])c([2H])c3[2H])c3c([2H])c([2H])c([2H])c([2H])c3[2H])c2)c([2H])c1[2H].[Pt]. The van der Waals surface area contributed by atoms with Gasteiger partial charge in [-0.15, -0.1) is 29.7 Å². The van der Waals surface area contributed by atoms with Crippen molar-refractivity contribution < 1.29 is 57.8 Å². The van der Waals surface area contributed by atoms with E-state index in [1.54, 1.807) is 69.9 Å². The summed E-state index contributed by atoms with van der Waals surface area (Å²) >= 11 is 0. The summed E-state index contributed by atoms with van der Waals surface area (Å²) < 4.78 is 204. The molecule has 13 aromatic rings. The van der Waals surface area contributed by atoms with Gasteiger partial charge in [-0.1, -0.05) is 255 Å². The number of hydrogen-bond acceptors (Lipinski definition) is 2. The second-order valence-electron chi connectivity index (χ2n) is 23.8. The number of rotatable bonds is 11. The second kappa shape index (κ2) is 22.4. The van der Waals surface area contributed by atoms with E-state index in [-0.39, 0.29) is 54.6 Å². The second-order valence-corrected chi connectivity index (χ2v) is 27.4. The Morgan fingerprint density at radius 1 is 0.494 bits per heavy atom. The molecule has 7 heteroatoms.